The molecule has 1 N–H and O–H groups in total. The van der Waals surface area contributed by atoms with Gasteiger partial charge in [0.2, 0.25) is 0 Å². The highest BCUT2D eigenvalue weighted by Crippen LogP contribution is 2.42. The van der Waals surface area contributed by atoms with Crippen LogP contribution in [0.3, 0.4) is 0 Å². The topological polar surface area (TPSA) is 63.1 Å². The van der Waals surface area contributed by atoms with Crippen molar-refractivity contribution < 1.29 is 4.79 Å². The molecule has 6 heteroatoms. The van der Waals surface area contributed by atoms with Gasteiger partial charge in [-0.3, -0.25) is 9.69 Å². The van der Waals surface area contributed by atoms with Gasteiger partial charge in [0.1, 0.15) is 11.6 Å². The number of nitrogens with one attached hydrogen (secondary N) is 1. The average molecular weight is 486 g/mol. The summed E-state index contributed by atoms with van der Waals surface area (Å²) in [7, 11) is 0. The third kappa shape index (κ3) is 5.24. The van der Waals surface area contributed by atoms with Gasteiger partial charge in [-0.1, -0.05) is 62.4 Å². The van der Waals surface area contributed by atoms with E-state index < -0.39 is 0 Å². The maximum absolute atomic E-state index is 12.7. The van der Waals surface area contributed by atoms with Gasteiger partial charge in [-0.15, -0.1) is 10.2 Å². The van der Waals surface area contributed by atoms with E-state index in [1.54, 1.807) is 0 Å². The van der Waals surface area contributed by atoms with E-state index in [9.17, 15) is 4.79 Å². The van der Waals surface area contributed by atoms with Crippen LogP contribution in [-0.4, -0.2) is 50.7 Å². The molecule has 0 saturated carbocycles. The molecule has 3 heterocycles. The molecule has 5 rings (SSSR count). The summed E-state index contributed by atoms with van der Waals surface area (Å²) >= 11 is 0. The minimum Gasteiger partial charge on any atom is -0.351 e. The Morgan fingerprint density at radius 1 is 0.944 bits per heavy atom. The molecule has 2 bridgehead atoms. The zero-order valence-corrected chi connectivity index (χ0v) is 21.8. The Balaban J connectivity index is 1.24. The molecule has 3 aromatic rings. The zero-order valence-electron chi connectivity index (χ0n) is 21.8. The Kier molecular flexibility index (Phi) is 7.51. The summed E-state index contributed by atoms with van der Waals surface area (Å²) in [5.41, 5.74) is 2.02. The zero-order chi connectivity index (χ0) is 25.1. The Hall–Kier alpha value is -2.99. The van der Waals surface area contributed by atoms with Crippen LogP contribution >= 0.6 is 0 Å². The van der Waals surface area contributed by atoms with Gasteiger partial charge in [0, 0.05) is 42.1 Å². The molecule has 2 aromatic carbocycles. The summed E-state index contributed by atoms with van der Waals surface area (Å²) in [5, 5.41) is 12.1. The molecule has 1 amide bonds. The lowest BCUT2D eigenvalue weighted by Crippen LogP contribution is -2.44. The number of hydrogen-bond acceptors (Lipinski definition) is 4. The Morgan fingerprint density at radius 3 is 2.22 bits per heavy atom. The number of amides is 1. The summed E-state index contributed by atoms with van der Waals surface area (Å²) in [5.74, 6) is 2.87. The van der Waals surface area contributed by atoms with Crippen molar-refractivity contribution in [3.63, 3.8) is 0 Å². The van der Waals surface area contributed by atoms with Crippen molar-refractivity contribution in [2.24, 2.45) is 0 Å². The summed E-state index contributed by atoms with van der Waals surface area (Å²) in [6, 6.07) is 21.9. The van der Waals surface area contributed by atoms with Crippen molar-refractivity contribution in [3.8, 4) is 0 Å². The Bertz CT molecular complexity index is 1130. The highest BCUT2D eigenvalue weighted by atomic mass is 16.1. The molecule has 190 valence electrons. The quantitative estimate of drug-likeness (QED) is 0.436. The lowest BCUT2D eigenvalue weighted by molar-refractivity contribution is 0.0934. The highest BCUT2D eigenvalue weighted by Gasteiger charge is 2.42. The molecular weight excluding hydrogens is 446 g/mol. The van der Waals surface area contributed by atoms with Gasteiger partial charge < -0.3 is 9.88 Å². The summed E-state index contributed by atoms with van der Waals surface area (Å²) < 4.78 is 2.43. The van der Waals surface area contributed by atoms with E-state index in [2.05, 4.69) is 76.1 Å². The predicted octanol–water partition coefficient (Wildman–Crippen LogP) is 5.48. The van der Waals surface area contributed by atoms with E-state index in [4.69, 9.17) is 0 Å². The van der Waals surface area contributed by atoms with Crippen LogP contribution in [0.25, 0.3) is 0 Å². The predicted molar refractivity (Wildman–Crippen MR) is 143 cm³/mol. The van der Waals surface area contributed by atoms with Crippen LogP contribution in [0, 0.1) is 6.92 Å². The standard InChI is InChI=1S/C30H39N5O/c1-21(2)29-33-32-22(3)35(29)28-18-26-14-15-27(19-28)34(26)17-16-25(23-10-6-4-7-11-23)20-31-30(36)24-12-8-5-9-13-24/h4-13,21,25-28H,14-20H2,1-3H3,(H,31,36)/t25?,26-,27+,28?. The van der Waals surface area contributed by atoms with Crippen LogP contribution in [0.4, 0.5) is 0 Å². The van der Waals surface area contributed by atoms with Gasteiger partial charge >= 0.3 is 0 Å². The molecule has 6 nitrogen and oxygen atoms in total. The summed E-state index contributed by atoms with van der Waals surface area (Å²) in [6.45, 7) is 8.25. The minimum absolute atomic E-state index is 0.00248. The van der Waals surface area contributed by atoms with Gasteiger partial charge in [-0.25, -0.2) is 0 Å². The van der Waals surface area contributed by atoms with Crippen LogP contribution in [0.1, 0.15) is 91.4 Å². The van der Waals surface area contributed by atoms with Crippen LogP contribution < -0.4 is 5.32 Å². The number of fused-ring (bicyclic) bond motifs is 2. The molecule has 2 aliphatic rings. The monoisotopic (exact) mass is 485 g/mol. The number of aromatic nitrogens is 3. The normalized spacial score (nSPS) is 22.6. The molecule has 0 aliphatic carbocycles. The number of nitrogens with zero attached hydrogens (tertiary/aromatic N) is 4. The van der Waals surface area contributed by atoms with E-state index in [1.807, 2.05) is 30.3 Å². The number of rotatable bonds is 9. The molecule has 0 radical (unpaired) electrons. The number of aryl methyl sites for hydroxylation is 1. The number of benzene rings is 2. The largest absolute Gasteiger partial charge is 0.351 e. The first kappa shape index (κ1) is 24.7. The van der Waals surface area contributed by atoms with Gasteiger partial charge in [-0.05, 0) is 63.3 Å². The molecule has 1 aromatic heterocycles. The van der Waals surface area contributed by atoms with E-state index in [-0.39, 0.29) is 5.91 Å². The molecule has 2 aliphatic heterocycles. The van der Waals surface area contributed by atoms with Crippen molar-refractivity contribution in [1.29, 1.82) is 0 Å². The fourth-order valence-electron chi connectivity index (χ4n) is 6.38. The first-order valence-electron chi connectivity index (χ1n) is 13.6. The molecule has 2 saturated heterocycles. The molecule has 0 spiro atoms. The summed E-state index contributed by atoms with van der Waals surface area (Å²) in [6.07, 6.45) is 5.95. The van der Waals surface area contributed by atoms with Gasteiger partial charge in [-0.2, -0.15) is 0 Å². The van der Waals surface area contributed by atoms with Crippen molar-refractivity contribution in [2.45, 2.75) is 82.8 Å². The summed E-state index contributed by atoms with van der Waals surface area (Å²) in [4.78, 5) is 15.5. The third-order valence-electron chi connectivity index (χ3n) is 8.19. The van der Waals surface area contributed by atoms with Crippen molar-refractivity contribution >= 4 is 5.91 Å². The lowest BCUT2D eigenvalue weighted by atomic mass is 9.92. The van der Waals surface area contributed by atoms with Crippen molar-refractivity contribution in [1.82, 2.24) is 25.0 Å². The average Bonchev–Trinajstić information content (AvgIpc) is 3.40. The SMILES string of the molecule is Cc1nnc(C(C)C)n1C1C[C@H]2CC[C@@H](C1)N2CCC(CNC(=O)c1ccccc1)c1ccccc1. The number of hydrogen-bond donors (Lipinski definition) is 1. The first-order chi connectivity index (χ1) is 17.5. The molecule has 4 atom stereocenters. The Labute approximate surface area is 215 Å². The van der Waals surface area contributed by atoms with E-state index in [0.29, 0.717) is 36.5 Å². The maximum atomic E-state index is 12.7. The molecular formula is C30H39N5O. The van der Waals surface area contributed by atoms with Gasteiger partial charge in [0.15, 0.2) is 0 Å². The smallest absolute Gasteiger partial charge is 0.251 e. The molecule has 2 fully saturated rings. The van der Waals surface area contributed by atoms with E-state index in [0.717, 1.165) is 30.2 Å². The lowest BCUT2D eigenvalue weighted by Gasteiger charge is -2.40. The number of carbonyl (C=O) groups excluding carboxylic acids is 1. The fraction of sp³-hybridized carbons (Fsp3) is 0.500. The number of carbonyl (C=O) groups is 1. The van der Waals surface area contributed by atoms with Crippen LogP contribution in [0.5, 0.6) is 0 Å². The van der Waals surface area contributed by atoms with Crippen LogP contribution in [0.15, 0.2) is 60.7 Å². The van der Waals surface area contributed by atoms with Crippen LogP contribution in [0.2, 0.25) is 0 Å². The van der Waals surface area contributed by atoms with Crippen molar-refractivity contribution in [2.75, 3.05) is 13.1 Å². The molecule has 2 unspecified atom stereocenters. The van der Waals surface area contributed by atoms with Gasteiger partial charge in [0.05, 0.1) is 0 Å². The van der Waals surface area contributed by atoms with Crippen LogP contribution in [-0.2, 0) is 0 Å². The minimum atomic E-state index is 0.00248. The number of piperidine rings is 1. The van der Waals surface area contributed by atoms with Gasteiger partial charge in [0.25, 0.3) is 5.91 Å². The second kappa shape index (κ2) is 11.0. The van der Waals surface area contributed by atoms with E-state index in [1.165, 1.54) is 31.2 Å². The Morgan fingerprint density at radius 2 is 1.58 bits per heavy atom. The third-order valence-corrected chi connectivity index (χ3v) is 8.19. The highest BCUT2D eigenvalue weighted by molar-refractivity contribution is 5.94. The maximum Gasteiger partial charge on any atom is 0.251 e. The van der Waals surface area contributed by atoms with E-state index >= 15 is 0 Å². The van der Waals surface area contributed by atoms with Crippen molar-refractivity contribution in [3.05, 3.63) is 83.4 Å². The fourth-order valence-corrected chi connectivity index (χ4v) is 6.38. The molecule has 36 heavy (non-hydrogen) atoms. The second-order valence-corrected chi connectivity index (χ2v) is 10.9. The second-order valence-electron chi connectivity index (χ2n) is 10.9. The first-order valence-corrected chi connectivity index (χ1v) is 13.6.